The quantitative estimate of drug-likeness (QED) is 0.758. The zero-order chi connectivity index (χ0) is 18.1. The smallest absolute Gasteiger partial charge is 0.274 e. The van der Waals surface area contributed by atoms with Crippen molar-refractivity contribution >= 4 is 5.57 Å². The molecule has 4 heteroatoms. The van der Waals surface area contributed by atoms with Crippen LogP contribution in [0.1, 0.15) is 30.4 Å². The van der Waals surface area contributed by atoms with Crippen molar-refractivity contribution < 1.29 is 18.6 Å². The van der Waals surface area contributed by atoms with Crippen molar-refractivity contribution in [2.75, 3.05) is 7.11 Å². The van der Waals surface area contributed by atoms with E-state index >= 15 is 0 Å². The normalized spacial score (nSPS) is 11.2. The fourth-order valence-corrected chi connectivity index (χ4v) is 2.36. The third-order valence-corrected chi connectivity index (χ3v) is 3.72. The van der Waals surface area contributed by atoms with Crippen molar-refractivity contribution in [3.8, 4) is 17.6 Å². The lowest BCUT2D eigenvalue weighted by molar-refractivity contribution is 0.170. The first kappa shape index (κ1) is 18.7. The number of ether oxygens (including phenoxy) is 1. The van der Waals surface area contributed by atoms with Gasteiger partial charge in [0, 0.05) is 24.0 Å². The summed E-state index contributed by atoms with van der Waals surface area (Å²) < 4.78 is 31.5. The molecule has 2 nitrogen and oxygen atoms in total. The monoisotopic (exact) mass is 342 g/mol. The average molecular weight is 342 g/mol. The van der Waals surface area contributed by atoms with Gasteiger partial charge in [-0.25, -0.2) is 0 Å². The molecule has 130 valence electrons. The summed E-state index contributed by atoms with van der Waals surface area (Å²) in [5.41, 5.74) is 1.13. The van der Waals surface area contributed by atoms with Gasteiger partial charge in [-0.15, -0.1) is 0 Å². The molecule has 0 bridgehead atoms. The average Bonchev–Trinajstić information content (AvgIpc) is 2.64. The Hall–Kier alpha value is -2.64. The fraction of sp³-hybridized carbons (Fsp3) is 0.238. The first-order valence-electron chi connectivity index (χ1n) is 8.00. The second-order valence-electron chi connectivity index (χ2n) is 5.53. The van der Waals surface area contributed by atoms with Crippen molar-refractivity contribution in [3.05, 3.63) is 71.8 Å². The van der Waals surface area contributed by atoms with Crippen LogP contribution in [0.15, 0.2) is 60.7 Å². The molecule has 2 rings (SSSR count). The summed E-state index contributed by atoms with van der Waals surface area (Å²) in [7, 11) is 1.52. The molecule has 0 radical (unpaired) electrons. The molecular formula is C21H20F2O2. The lowest BCUT2D eigenvalue weighted by Gasteiger charge is -2.12. The number of halogens is 2. The Morgan fingerprint density at radius 1 is 1.08 bits per heavy atom. The van der Waals surface area contributed by atoms with Crippen LogP contribution in [0.25, 0.3) is 5.57 Å². The van der Waals surface area contributed by atoms with E-state index in [4.69, 9.17) is 4.74 Å². The second kappa shape index (κ2) is 9.61. The van der Waals surface area contributed by atoms with Gasteiger partial charge in [-0.1, -0.05) is 42.2 Å². The summed E-state index contributed by atoms with van der Waals surface area (Å²) in [6.07, 6.45) is -1.97. The van der Waals surface area contributed by atoms with Crippen molar-refractivity contribution in [3.63, 3.8) is 0 Å². The van der Waals surface area contributed by atoms with Gasteiger partial charge < -0.3 is 9.84 Å². The Kier molecular flexibility index (Phi) is 7.18. The molecule has 2 aromatic rings. The minimum atomic E-state index is -1.78. The molecule has 1 N–H and O–H groups in total. The summed E-state index contributed by atoms with van der Waals surface area (Å²) in [6.45, 7) is 0. The molecule has 0 saturated heterocycles. The zero-order valence-electron chi connectivity index (χ0n) is 14.0. The second-order valence-corrected chi connectivity index (χ2v) is 5.53. The molecular weight excluding hydrogens is 322 g/mol. The third-order valence-electron chi connectivity index (χ3n) is 3.72. The molecule has 0 fully saturated rings. The van der Waals surface area contributed by atoms with Crippen LogP contribution in [0, 0.1) is 11.8 Å². The number of benzene rings is 2. The lowest BCUT2D eigenvalue weighted by atomic mass is 9.98. The summed E-state index contributed by atoms with van der Waals surface area (Å²) in [6, 6.07) is 15.9. The third kappa shape index (κ3) is 6.06. The summed E-state index contributed by atoms with van der Waals surface area (Å²) >= 11 is 0. The van der Waals surface area contributed by atoms with E-state index in [1.165, 1.54) is 7.11 Å². The molecule has 0 aromatic heterocycles. The Morgan fingerprint density at radius 2 is 1.76 bits per heavy atom. The Balaban J connectivity index is 1.93. The van der Waals surface area contributed by atoms with Gasteiger partial charge in [0.15, 0.2) is 0 Å². The highest BCUT2D eigenvalue weighted by molar-refractivity contribution is 5.67. The maximum Gasteiger partial charge on any atom is 0.274 e. The van der Waals surface area contributed by atoms with E-state index < -0.39 is 12.2 Å². The molecule has 0 aliphatic rings. The Labute approximate surface area is 146 Å². The van der Waals surface area contributed by atoms with Gasteiger partial charge >= 0.3 is 0 Å². The molecule has 0 heterocycles. The topological polar surface area (TPSA) is 29.5 Å². The summed E-state index contributed by atoms with van der Waals surface area (Å²) in [4.78, 5) is 0. The van der Waals surface area contributed by atoms with Crippen molar-refractivity contribution in [2.24, 2.45) is 0 Å². The van der Waals surface area contributed by atoms with Gasteiger partial charge in [0.1, 0.15) is 5.75 Å². The predicted octanol–water partition coefficient (Wildman–Crippen LogP) is 4.89. The molecule has 25 heavy (non-hydrogen) atoms. The fourth-order valence-electron chi connectivity index (χ4n) is 2.36. The maximum atomic E-state index is 13.2. The van der Waals surface area contributed by atoms with Crippen LogP contribution in [0.3, 0.4) is 0 Å². The standard InChI is InChI=1S/C21H20F2O2/c1-25-19-13-11-17(12-14-19)20(21(22)23)15-18(24)10-6-5-9-16-7-3-2-4-8-16/h2-4,7-8,11-14,18,24H,6,10,15H2,1H3. The summed E-state index contributed by atoms with van der Waals surface area (Å²) in [5, 5.41) is 10.1. The number of hydrogen-bond acceptors (Lipinski definition) is 2. The van der Waals surface area contributed by atoms with Gasteiger partial charge in [0.2, 0.25) is 0 Å². The van der Waals surface area contributed by atoms with Gasteiger partial charge in [0.05, 0.1) is 13.2 Å². The molecule has 1 unspecified atom stereocenters. The van der Waals surface area contributed by atoms with E-state index in [1.807, 2.05) is 30.3 Å². The van der Waals surface area contributed by atoms with E-state index in [1.54, 1.807) is 24.3 Å². The van der Waals surface area contributed by atoms with Gasteiger partial charge in [-0.2, -0.15) is 8.78 Å². The van der Waals surface area contributed by atoms with E-state index in [-0.39, 0.29) is 12.0 Å². The molecule has 0 saturated carbocycles. The zero-order valence-corrected chi connectivity index (χ0v) is 14.0. The van der Waals surface area contributed by atoms with Gasteiger partial charge in [-0.05, 0) is 36.2 Å². The SMILES string of the molecule is COc1ccc(C(CC(O)CCC#Cc2ccccc2)=C(F)F)cc1. The maximum absolute atomic E-state index is 13.2. The minimum Gasteiger partial charge on any atom is -0.497 e. The number of rotatable bonds is 6. The van der Waals surface area contributed by atoms with Crippen molar-refractivity contribution in [2.45, 2.75) is 25.4 Å². The molecule has 0 amide bonds. The van der Waals surface area contributed by atoms with Crippen LogP contribution < -0.4 is 4.74 Å². The number of hydrogen-bond donors (Lipinski definition) is 1. The molecule has 2 aromatic carbocycles. The number of aliphatic hydroxyl groups excluding tert-OH is 1. The first-order chi connectivity index (χ1) is 12.1. The van der Waals surface area contributed by atoms with Gasteiger partial charge in [-0.3, -0.25) is 0 Å². The highest BCUT2D eigenvalue weighted by Gasteiger charge is 2.14. The molecule has 0 spiro atoms. The van der Waals surface area contributed by atoms with Crippen LogP contribution in [0.2, 0.25) is 0 Å². The number of aliphatic hydroxyl groups is 1. The van der Waals surface area contributed by atoms with E-state index in [9.17, 15) is 13.9 Å². The highest BCUT2D eigenvalue weighted by atomic mass is 19.3. The van der Waals surface area contributed by atoms with Crippen LogP contribution in [0.4, 0.5) is 8.78 Å². The van der Waals surface area contributed by atoms with Crippen LogP contribution in [0.5, 0.6) is 5.75 Å². The van der Waals surface area contributed by atoms with E-state index in [0.717, 1.165) is 5.56 Å². The molecule has 1 atom stereocenters. The van der Waals surface area contributed by atoms with Crippen LogP contribution in [-0.4, -0.2) is 18.3 Å². The van der Waals surface area contributed by atoms with Crippen molar-refractivity contribution in [1.29, 1.82) is 0 Å². The van der Waals surface area contributed by atoms with Gasteiger partial charge in [0.25, 0.3) is 6.08 Å². The predicted molar refractivity (Wildman–Crippen MR) is 95.3 cm³/mol. The Morgan fingerprint density at radius 3 is 2.36 bits per heavy atom. The number of methoxy groups -OCH3 is 1. The van der Waals surface area contributed by atoms with Crippen LogP contribution in [-0.2, 0) is 0 Å². The first-order valence-corrected chi connectivity index (χ1v) is 8.00. The minimum absolute atomic E-state index is 0.109. The van der Waals surface area contributed by atoms with Crippen molar-refractivity contribution in [1.82, 2.24) is 0 Å². The molecule has 0 aliphatic carbocycles. The Bertz CT molecular complexity index is 752. The highest BCUT2D eigenvalue weighted by Crippen LogP contribution is 2.28. The molecule has 0 aliphatic heterocycles. The van der Waals surface area contributed by atoms with Crippen LogP contribution >= 0.6 is 0 Å². The van der Waals surface area contributed by atoms with E-state index in [2.05, 4.69) is 11.8 Å². The largest absolute Gasteiger partial charge is 0.497 e. The lowest BCUT2D eigenvalue weighted by Crippen LogP contribution is -2.07. The van der Waals surface area contributed by atoms with E-state index in [0.29, 0.717) is 24.2 Å². The summed E-state index contributed by atoms with van der Waals surface area (Å²) in [5.74, 6) is 6.54.